The molecule has 1 aliphatic heterocycles. The molecule has 1 heterocycles. The molecule has 0 amide bonds. The Morgan fingerprint density at radius 2 is 1.73 bits per heavy atom. The van der Waals surface area contributed by atoms with Crippen LogP contribution in [-0.4, -0.2) is 33.9 Å². The summed E-state index contributed by atoms with van der Waals surface area (Å²) in [6.45, 7) is 2.41. The van der Waals surface area contributed by atoms with Gasteiger partial charge < -0.3 is 34.2 Å². The number of ether oxygens (including phenoxy) is 6. The van der Waals surface area contributed by atoms with E-state index in [0.717, 1.165) is 5.56 Å². The SMILES string of the molecule is CCOc1cccc(C2C(C#N)=C(N)Oc3cc(OC(=O)c4cc(OC)c(OC)c(OC)c4)ccc32)c1. The van der Waals surface area contributed by atoms with Gasteiger partial charge in [0.15, 0.2) is 11.5 Å². The number of nitriles is 1. The summed E-state index contributed by atoms with van der Waals surface area (Å²) in [6.07, 6.45) is 0. The van der Waals surface area contributed by atoms with E-state index in [9.17, 15) is 10.1 Å². The fourth-order valence-corrected chi connectivity index (χ4v) is 4.16. The van der Waals surface area contributed by atoms with Gasteiger partial charge in [0.1, 0.15) is 28.9 Å². The zero-order chi connectivity index (χ0) is 26.5. The molecular weight excluding hydrogens is 476 g/mol. The normalized spacial score (nSPS) is 14.1. The van der Waals surface area contributed by atoms with Crippen molar-refractivity contribution in [3.8, 4) is 40.6 Å². The molecule has 0 saturated carbocycles. The van der Waals surface area contributed by atoms with E-state index in [1.54, 1.807) is 18.2 Å². The summed E-state index contributed by atoms with van der Waals surface area (Å²) in [4.78, 5) is 13.0. The number of benzene rings is 3. The van der Waals surface area contributed by atoms with Gasteiger partial charge in [-0.25, -0.2) is 4.79 Å². The van der Waals surface area contributed by atoms with Crippen molar-refractivity contribution >= 4 is 5.97 Å². The number of nitrogens with zero attached hydrogens (tertiary/aromatic N) is 1. The largest absolute Gasteiger partial charge is 0.494 e. The fourth-order valence-electron chi connectivity index (χ4n) is 4.16. The third-order valence-corrected chi connectivity index (χ3v) is 5.80. The minimum absolute atomic E-state index is 0.0186. The Morgan fingerprint density at radius 3 is 2.35 bits per heavy atom. The van der Waals surface area contributed by atoms with Crippen LogP contribution in [0.25, 0.3) is 0 Å². The number of carbonyl (C=O) groups excluding carboxylic acids is 1. The molecule has 0 bridgehead atoms. The number of esters is 1. The lowest BCUT2D eigenvalue weighted by atomic mass is 9.83. The summed E-state index contributed by atoms with van der Waals surface area (Å²) in [7, 11) is 4.39. The van der Waals surface area contributed by atoms with Crippen molar-refractivity contribution in [1.29, 1.82) is 5.26 Å². The van der Waals surface area contributed by atoms with Crippen molar-refractivity contribution in [1.82, 2.24) is 0 Å². The van der Waals surface area contributed by atoms with Gasteiger partial charge in [0, 0.05) is 11.6 Å². The second-order valence-electron chi connectivity index (χ2n) is 7.93. The molecule has 190 valence electrons. The zero-order valence-electron chi connectivity index (χ0n) is 20.9. The van der Waals surface area contributed by atoms with Crippen LogP contribution >= 0.6 is 0 Å². The number of hydrogen-bond donors (Lipinski definition) is 1. The quantitative estimate of drug-likeness (QED) is 0.349. The van der Waals surface area contributed by atoms with Crippen molar-refractivity contribution in [3.63, 3.8) is 0 Å². The summed E-state index contributed by atoms with van der Waals surface area (Å²) in [5.74, 6) is 1.15. The average Bonchev–Trinajstić information content (AvgIpc) is 2.91. The van der Waals surface area contributed by atoms with E-state index in [1.807, 2.05) is 31.2 Å². The summed E-state index contributed by atoms with van der Waals surface area (Å²) in [5.41, 5.74) is 8.12. The van der Waals surface area contributed by atoms with E-state index in [4.69, 9.17) is 34.2 Å². The van der Waals surface area contributed by atoms with Gasteiger partial charge in [0.2, 0.25) is 11.6 Å². The van der Waals surface area contributed by atoms with Gasteiger partial charge in [-0.15, -0.1) is 0 Å². The molecule has 9 nitrogen and oxygen atoms in total. The Hall–Kier alpha value is -4.84. The highest BCUT2D eigenvalue weighted by Gasteiger charge is 2.31. The lowest BCUT2D eigenvalue weighted by molar-refractivity contribution is 0.0733. The second-order valence-corrected chi connectivity index (χ2v) is 7.93. The maximum atomic E-state index is 13.0. The van der Waals surface area contributed by atoms with Crippen LogP contribution in [0.4, 0.5) is 0 Å². The molecule has 1 unspecified atom stereocenters. The maximum absolute atomic E-state index is 13.0. The van der Waals surface area contributed by atoms with Crippen LogP contribution in [0.5, 0.6) is 34.5 Å². The van der Waals surface area contributed by atoms with E-state index in [1.165, 1.54) is 33.5 Å². The molecule has 0 aromatic heterocycles. The number of nitrogens with two attached hydrogens (primary N) is 1. The Kier molecular flexibility index (Phi) is 7.39. The summed E-state index contributed by atoms with van der Waals surface area (Å²) < 4.78 is 32.9. The average molecular weight is 503 g/mol. The van der Waals surface area contributed by atoms with Gasteiger partial charge in [-0.2, -0.15) is 5.26 Å². The molecule has 1 atom stereocenters. The molecule has 0 radical (unpaired) electrons. The molecule has 4 rings (SSSR count). The predicted molar refractivity (Wildman–Crippen MR) is 134 cm³/mol. The number of allylic oxidation sites excluding steroid dienone is 1. The first-order valence-corrected chi connectivity index (χ1v) is 11.4. The maximum Gasteiger partial charge on any atom is 0.343 e. The van der Waals surface area contributed by atoms with Crippen LogP contribution in [-0.2, 0) is 0 Å². The fraction of sp³-hybridized carbons (Fsp3) is 0.214. The highest BCUT2D eigenvalue weighted by Crippen LogP contribution is 2.44. The minimum Gasteiger partial charge on any atom is -0.494 e. The summed E-state index contributed by atoms with van der Waals surface area (Å²) in [5, 5.41) is 9.82. The van der Waals surface area contributed by atoms with E-state index in [-0.39, 0.29) is 22.8 Å². The first kappa shape index (κ1) is 25.3. The minimum atomic E-state index is -0.641. The van der Waals surface area contributed by atoms with Gasteiger partial charge in [0.25, 0.3) is 0 Å². The molecule has 1 aliphatic rings. The van der Waals surface area contributed by atoms with E-state index >= 15 is 0 Å². The van der Waals surface area contributed by atoms with Gasteiger partial charge in [-0.05, 0) is 42.8 Å². The van der Waals surface area contributed by atoms with Crippen LogP contribution in [0.15, 0.2) is 66.1 Å². The number of rotatable bonds is 8. The molecule has 37 heavy (non-hydrogen) atoms. The monoisotopic (exact) mass is 502 g/mol. The third kappa shape index (κ3) is 4.95. The smallest absolute Gasteiger partial charge is 0.343 e. The number of fused-ring (bicyclic) bond motifs is 1. The Labute approximate surface area is 214 Å². The molecule has 9 heteroatoms. The van der Waals surface area contributed by atoms with E-state index < -0.39 is 11.9 Å². The van der Waals surface area contributed by atoms with Crippen LogP contribution in [0.3, 0.4) is 0 Å². The molecule has 0 aliphatic carbocycles. The van der Waals surface area contributed by atoms with Crippen molar-refractivity contribution in [2.75, 3.05) is 27.9 Å². The third-order valence-electron chi connectivity index (χ3n) is 5.80. The molecule has 3 aromatic carbocycles. The zero-order valence-corrected chi connectivity index (χ0v) is 20.9. The number of carbonyl (C=O) groups is 1. The van der Waals surface area contributed by atoms with Crippen LogP contribution < -0.4 is 34.2 Å². The number of hydrogen-bond acceptors (Lipinski definition) is 9. The molecule has 3 aromatic rings. The highest BCUT2D eigenvalue weighted by molar-refractivity contribution is 5.92. The predicted octanol–water partition coefficient (Wildman–Crippen LogP) is 4.55. The van der Waals surface area contributed by atoms with Gasteiger partial charge in [-0.3, -0.25) is 0 Å². The van der Waals surface area contributed by atoms with Gasteiger partial charge in [-0.1, -0.05) is 18.2 Å². The first-order chi connectivity index (χ1) is 17.9. The van der Waals surface area contributed by atoms with Crippen molar-refractivity contribution in [2.45, 2.75) is 12.8 Å². The number of methoxy groups -OCH3 is 3. The second kappa shape index (κ2) is 10.8. The van der Waals surface area contributed by atoms with Crippen molar-refractivity contribution < 1.29 is 33.2 Å². The standard InChI is InChI=1S/C28H26N2O7/c1-5-35-18-8-6-7-16(11-18)25-20-10-9-19(14-22(20)37-27(30)21(25)15-29)36-28(31)17-12-23(32-2)26(34-4)24(13-17)33-3/h6-14,25H,5,30H2,1-4H3. The molecule has 0 saturated heterocycles. The van der Waals surface area contributed by atoms with Gasteiger partial charge >= 0.3 is 5.97 Å². The van der Waals surface area contributed by atoms with E-state index in [0.29, 0.717) is 40.9 Å². The Balaban J connectivity index is 1.68. The van der Waals surface area contributed by atoms with E-state index in [2.05, 4.69) is 6.07 Å². The van der Waals surface area contributed by atoms with Crippen LogP contribution in [0.2, 0.25) is 0 Å². The first-order valence-electron chi connectivity index (χ1n) is 11.4. The lowest BCUT2D eigenvalue weighted by Gasteiger charge is -2.27. The molecule has 2 N–H and O–H groups in total. The van der Waals surface area contributed by atoms with Gasteiger partial charge in [0.05, 0.1) is 39.4 Å². The Morgan fingerprint density at radius 1 is 1.00 bits per heavy atom. The van der Waals surface area contributed by atoms with Crippen LogP contribution in [0, 0.1) is 11.3 Å². The lowest BCUT2D eigenvalue weighted by Crippen LogP contribution is -2.21. The molecular formula is C28H26N2O7. The Bertz CT molecular complexity index is 1380. The van der Waals surface area contributed by atoms with Crippen molar-refractivity contribution in [3.05, 3.63) is 82.7 Å². The summed E-state index contributed by atoms with van der Waals surface area (Å²) in [6, 6.07) is 17.6. The topological polar surface area (TPSA) is 122 Å². The van der Waals surface area contributed by atoms with Crippen LogP contribution in [0.1, 0.15) is 34.3 Å². The molecule has 0 fully saturated rings. The summed E-state index contributed by atoms with van der Waals surface area (Å²) >= 11 is 0. The highest BCUT2D eigenvalue weighted by atomic mass is 16.5. The van der Waals surface area contributed by atoms with Crippen molar-refractivity contribution in [2.24, 2.45) is 5.73 Å². The molecule has 0 spiro atoms.